The van der Waals surface area contributed by atoms with Gasteiger partial charge in [-0.3, -0.25) is 4.79 Å². The lowest BCUT2D eigenvalue weighted by Crippen LogP contribution is -2.39. The zero-order chi connectivity index (χ0) is 17.9. The predicted molar refractivity (Wildman–Crippen MR) is 99.3 cm³/mol. The third-order valence-electron chi connectivity index (χ3n) is 4.50. The first-order chi connectivity index (χ1) is 12.2. The number of carbonyl (C=O) groups is 2. The highest BCUT2D eigenvalue weighted by atomic mass is 16.6. The molecule has 0 radical (unpaired) electrons. The lowest BCUT2D eigenvalue weighted by atomic mass is 10.1. The smallest absolute Gasteiger partial charge is 0.417 e. The molecule has 1 aliphatic rings. The molecule has 1 aromatic carbocycles. The number of imide groups is 1. The second-order valence-corrected chi connectivity index (χ2v) is 6.59. The number of nitrogens with zero attached hydrogens (tertiary/aromatic N) is 1. The number of rotatable bonds is 10. The van der Waals surface area contributed by atoms with Gasteiger partial charge in [0.05, 0.1) is 6.04 Å². The van der Waals surface area contributed by atoms with Gasteiger partial charge in [0.2, 0.25) is 0 Å². The Morgan fingerprint density at radius 2 is 1.88 bits per heavy atom. The quantitative estimate of drug-likeness (QED) is 0.449. The van der Waals surface area contributed by atoms with E-state index in [1.165, 1.54) is 43.1 Å². The molecule has 2 rings (SSSR count). The van der Waals surface area contributed by atoms with Crippen LogP contribution in [0, 0.1) is 0 Å². The minimum Gasteiger partial charge on any atom is -0.447 e. The Bertz CT molecular complexity index is 568. The minimum absolute atomic E-state index is 0.221. The third kappa shape index (κ3) is 6.37. The summed E-state index contributed by atoms with van der Waals surface area (Å²) >= 11 is 0. The molecule has 1 atom stereocenters. The van der Waals surface area contributed by atoms with Crippen molar-refractivity contribution in [3.8, 4) is 0 Å². The van der Waals surface area contributed by atoms with Crippen molar-refractivity contribution in [3.63, 3.8) is 0 Å². The maximum Gasteiger partial charge on any atom is 0.417 e. The van der Waals surface area contributed by atoms with Crippen LogP contribution in [0.2, 0.25) is 0 Å². The maximum atomic E-state index is 12.4. The topological polar surface area (TPSA) is 46.6 Å². The highest BCUT2D eigenvalue weighted by Crippen LogP contribution is 2.18. The Kier molecular flexibility index (Phi) is 8.23. The molecule has 0 unspecified atom stereocenters. The molecule has 0 aromatic heterocycles. The van der Waals surface area contributed by atoms with Crippen LogP contribution in [0.4, 0.5) is 4.79 Å². The lowest BCUT2D eigenvalue weighted by molar-refractivity contribution is -0.124. The normalized spacial score (nSPS) is 17.2. The van der Waals surface area contributed by atoms with Crippen LogP contribution < -0.4 is 0 Å². The molecule has 1 heterocycles. The standard InChI is InChI=1S/C21H29NO3/c1-2-3-4-5-6-7-8-12-15-20(23)22-19(17-25-21(22)24)16-18-13-10-9-11-14-18/h9-15,19H,2-8,16-17H2,1H3/b15-12+/t19-/m1/s1. The first-order valence-electron chi connectivity index (χ1n) is 9.42. The fourth-order valence-corrected chi connectivity index (χ4v) is 3.07. The van der Waals surface area contributed by atoms with Crippen molar-refractivity contribution in [2.24, 2.45) is 0 Å². The van der Waals surface area contributed by atoms with Crippen molar-refractivity contribution < 1.29 is 14.3 Å². The minimum atomic E-state index is -0.532. The van der Waals surface area contributed by atoms with E-state index in [2.05, 4.69) is 6.92 Å². The molecule has 4 heteroatoms. The van der Waals surface area contributed by atoms with Gasteiger partial charge in [0, 0.05) is 0 Å². The first-order valence-corrected chi connectivity index (χ1v) is 9.42. The molecule has 0 spiro atoms. The van der Waals surface area contributed by atoms with E-state index >= 15 is 0 Å². The van der Waals surface area contributed by atoms with E-state index in [0.29, 0.717) is 6.42 Å². The molecule has 2 amide bonds. The SMILES string of the molecule is CCCCCCCC/C=C/C(=O)N1C(=O)OC[C@H]1Cc1ccccc1. The van der Waals surface area contributed by atoms with E-state index in [1.54, 1.807) is 0 Å². The lowest BCUT2D eigenvalue weighted by Gasteiger charge is -2.18. The van der Waals surface area contributed by atoms with Crippen LogP contribution in [-0.4, -0.2) is 29.5 Å². The largest absolute Gasteiger partial charge is 0.447 e. The number of ether oxygens (including phenoxy) is 1. The van der Waals surface area contributed by atoms with Gasteiger partial charge >= 0.3 is 6.09 Å². The van der Waals surface area contributed by atoms with E-state index in [-0.39, 0.29) is 18.6 Å². The molecule has 0 saturated carbocycles. The summed E-state index contributed by atoms with van der Waals surface area (Å²) in [4.78, 5) is 25.5. The molecule has 25 heavy (non-hydrogen) atoms. The second-order valence-electron chi connectivity index (χ2n) is 6.59. The van der Waals surface area contributed by atoms with Crippen LogP contribution in [0.5, 0.6) is 0 Å². The zero-order valence-corrected chi connectivity index (χ0v) is 15.2. The Morgan fingerprint density at radius 3 is 2.64 bits per heavy atom. The molecule has 1 aliphatic heterocycles. The molecule has 4 nitrogen and oxygen atoms in total. The highest BCUT2D eigenvalue weighted by molar-refractivity contribution is 5.99. The number of unbranched alkanes of at least 4 members (excludes halogenated alkanes) is 6. The number of allylic oxidation sites excluding steroid dienone is 1. The summed E-state index contributed by atoms with van der Waals surface area (Å²) in [6.45, 7) is 2.48. The van der Waals surface area contributed by atoms with E-state index in [4.69, 9.17) is 4.74 Å². The van der Waals surface area contributed by atoms with Crippen molar-refractivity contribution in [2.45, 2.75) is 64.3 Å². The van der Waals surface area contributed by atoms with Crippen LogP contribution in [0.25, 0.3) is 0 Å². The first kappa shape index (κ1) is 19.2. The highest BCUT2D eigenvalue weighted by Gasteiger charge is 2.36. The molecule has 136 valence electrons. The van der Waals surface area contributed by atoms with Gasteiger partial charge in [-0.2, -0.15) is 0 Å². The number of cyclic esters (lactones) is 1. The van der Waals surface area contributed by atoms with E-state index in [0.717, 1.165) is 18.4 Å². The number of benzene rings is 1. The van der Waals surface area contributed by atoms with Crippen molar-refractivity contribution >= 4 is 12.0 Å². The van der Waals surface area contributed by atoms with E-state index in [9.17, 15) is 9.59 Å². The molecular weight excluding hydrogens is 314 g/mol. The Morgan fingerprint density at radius 1 is 1.16 bits per heavy atom. The summed E-state index contributed by atoms with van der Waals surface area (Å²) in [5.74, 6) is -0.269. The van der Waals surface area contributed by atoms with E-state index < -0.39 is 6.09 Å². The number of hydrogen-bond acceptors (Lipinski definition) is 3. The van der Waals surface area contributed by atoms with Crippen molar-refractivity contribution in [2.75, 3.05) is 6.61 Å². The van der Waals surface area contributed by atoms with Gasteiger partial charge < -0.3 is 4.74 Å². The van der Waals surface area contributed by atoms with Crippen LogP contribution >= 0.6 is 0 Å². The molecule has 1 fully saturated rings. The fourth-order valence-electron chi connectivity index (χ4n) is 3.07. The molecular formula is C21H29NO3. The van der Waals surface area contributed by atoms with Gasteiger partial charge in [0.1, 0.15) is 6.61 Å². The van der Waals surface area contributed by atoms with Gasteiger partial charge in [0.25, 0.3) is 5.91 Å². The molecule has 0 bridgehead atoms. The second kappa shape index (κ2) is 10.7. The van der Waals surface area contributed by atoms with Crippen LogP contribution in [0.15, 0.2) is 42.5 Å². The Hall–Kier alpha value is -2.10. The monoisotopic (exact) mass is 343 g/mol. The van der Waals surface area contributed by atoms with Gasteiger partial charge in [0.15, 0.2) is 0 Å². The summed E-state index contributed by atoms with van der Waals surface area (Å²) in [6, 6.07) is 9.65. The van der Waals surface area contributed by atoms with Gasteiger partial charge in [-0.25, -0.2) is 9.69 Å². The fraction of sp³-hybridized carbons (Fsp3) is 0.524. The number of amides is 2. The van der Waals surface area contributed by atoms with Crippen molar-refractivity contribution in [1.29, 1.82) is 0 Å². The van der Waals surface area contributed by atoms with E-state index in [1.807, 2.05) is 36.4 Å². The van der Waals surface area contributed by atoms with Crippen molar-refractivity contribution in [1.82, 2.24) is 4.90 Å². The van der Waals surface area contributed by atoms with Crippen molar-refractivity contribution in [3.05, 3.63) is 48.0 Å². The molecule has 1 saturated heterocycles. The van der Waals surface area contributed by atoms with Crippen LogP contribution in [-0.2, 0) is 16.0 Å². The average Bonchev–Trinajstić information content (AvgIpc) is 2.98. The van der Waals surface area contributed by atoms with Crippen LogP contribution in [0.3, 0.4) is 0 Å². The predicted octanol–water partition coefficient (Wildman–Crippen LogP) is 4.88. The Labute approximate surface area is 150 Å². The molecule has 0 aliphatic carbocycles. The summed E-state index contributed by atoms with van der Waals surface area (Å²) in [6.07, 6.45) is 11.8. The maximum absolute atomic E-state index is 12.4. The summed E-state index contributed by atoms with van der Waals surface area (Å²) in [5, 5.41) is 0. The molecule has 0 N–H and O–H groups in total. The van der Waals surface area contributed by atoms with Gasteiger partial charge in [-0.15, -0.1) is 0 Å². The average molecular weight is 343 g/mol. The molecule has 1 aromatic rings. The number of carbonyl (C=O) groups excluding carboxylic acids is 2. The summed E-state index contributed by atoms with van der Waals surface area (Å²) < 4.78 is 5.09. The number of hydrogen-bond donors (Lipinski definition) is 0. The van der Waals surface area contributed by atoms with Gasteiger partial charge in [-0.05, 0) is 30.9 Å². The van der Waals surface area contributed by atoms with Gasteiger partial charge in [-0.1, -0.05) is 75.4 Å². The van der Waals surface area contributed by atoms with Crippen LogP contribution in [0.1, 0.15) is 57.4 Å². The third-order valence-corrected chi connectivity index (χ3v) is 4.50. The zero-order valence-electron chi connectivity index (χ0n) is 15.2. The Balaban J connectivity index is 1.78. The summed E-state index contributed by atoms with van der Waals surface area (Å²) in [5.41, 5.74) is 1.10. The summed E-state index contributed by atoms with van der Waals surface area (Å²) in [7, 11) is 0.